The number of hydrogen-bond donors (Lipinski definition) is 1. The lowest BCUT2D eigenvalue weighted by molar-refractivity contribution is 0.572. The van der Waals surface area contributed by atoms with Gasteiger partial charge in [-0.3, -0.25) is 0 Å². The Balaban J connectivity index is 2.19. The second-order valence-electron chi connectivity index (χ2n) is 4.57. The third-order valence-corrected chi connectivity index (χ3v) is 4.99. The van der Waals surface area contributed by atoms with Gasteiger partial charge in [0.2, 0.25) is 0 Å². The van der Waals surface area contributed by atoms with Crippen molar-refractivity contribution in [1.29, 1.82) is 0 Å². The highest BCUT2D eigenvalue weighted by atomic mass is 32.2. The number of sulfone groups is 1. The number of hydrogen-bond acceptors (Lipinski definition) is 3. The molecule has 1 aromatic carbocycles. The van der Waals surface area contributed by atoms with Crippen molar-refractivity contribution in [2.75, 3.05) is 18.1 Å². The number of rotatable bonds is 2. The van der Waals surface area contributed by atoms with Gasteiger partial charge in [0.05, 0.1) is 11.5 Å². The Morgan fingerprint density at radius 3 is 2.65 bits per heavy atom. The first-order chi connectivity index (χ1) is 8.11. The molecule has 0 spiro atoms. The van der Waals surface area contributed by atoms with E-state index in [1.54, 1.807) is 0 Å². The zero-order valence-corrected chi connectivity index (χ0v) is 11.0. The lowest BCUT2D eigenvalue weighted by Crippen LogP contribution is -2.25. The fourth-order valence-electron chi connectivity index (χ4n) is 2.16. The first-order valence-electron chi connectivity index (χ1n) is 6.13. The SMILES string of the molecule is CCc1ccc(C2CS(=O)(=O)CCCN2)cc1. The molecule has 1 aliphatic heterocycles. The molecule has 94 valence electrons. The normalized spacial score (nSPS) is 24.2. The number of benzene rings is 1. The summed E-state index contributed by atoms with van der Waals surface area (Å²) in [5.74, 6) is 0.530. The lowest BCUT2D eigenvalue weighted by atomic mass is 10.0. The van der Waals surface area contributed by atoms with Gasteiger partial charge in [-0.2, -0.15) is 0 Å². The minimum absolute atomic E-state index is 0.0478. The predicted octanol–water partition coefficient (Wildman–Crippen LogP) is 1.70. The van der Waals surface area contributed by atoms with E-state index in [9.17, 15) is 8.42 Å². The molecule has 1 unspecified atom stereocenters. The van der Waals surface area contributed by atoms with Crippen LogP contribution in [0.2, 0.25) is 0 Å². The van der Waals surface area contributed by atoms with Crippen LogP contribution in [-0.4, -0.2) is 26.5 Å². The molecule has 2 rings (SSSR count). The van der Waals surface area contributed by atoms with Gasteiger partial charge in [0.15, 0.2) is 9.84 Å². The summed E-state index contributed by atoms with van der Waals surface area (Å²) in [6.07, 6.45) is 1.72. The highest BCUT2D eigenvalue weighted by Crippen LogP contribution is 2.19. The molecule has 0 aromatic heterocycles. The van der Waals surface area contributed by atoms with Crippen LogP contribution in [-0.2, 0) is 16.3 Å². The van der Waals surface area contributed by atoms with Crippen LogP contribution < -0.4 is 5.32 Å². The van der Waals surface area contributed by atoms with E-state index in [2.05, 4.69) is 24.4 Å². The van der Waals surface area contributed by atoms with Crippen molar-refractivity contribution in [2.45, 2.75) is 25.8 Å². The maximum absolute atomic E-state index is 11.7. The molecule has 0 bridgehead atoms. The molecule has 0 aliphatic carbocycles. The minimum Gasteiger partial charge on any atom is -0.309 e. The summed E-state index contributed by atoms with van der Waals surface area (Å²) in [6.45, 7) is 2.89. The van der Waals surface area contributed by atoms with E-state index < -0.39 is 9.84 Å². The molecule has 1 atom stereocenters. The van der Waals surface area contributed by atoms with Crippen molar-refractivity contribution in [2.24, 2.45) is 0 Å². The van der Waals surface area contributed by atoms with Crippen LogP contribution in [0.1, 0.15) is 30.5 Å². The van der Waals surface area contributed by atoms with Crippen LogP contribution in [0.3, 0.4) is 0 Å². The molecular weight excluding hydrogens is 234 g/mol. The van der Waals surface area contributed by atoms with Gasteiger partial charge in [0, 0.05) is 6.04 Å². The fourth-order valence-corrected chi connectivity index (χ4v) is 3.73. The Kier molecular flexibility index (Phi) is 3.84. The second-order valence-corrected chi connectivity index (χ2v) is 6.80. The van der Waals surface area contributed by atoms with Gasteiger partial charge in [-0.05, 0) is 30.5 Å². The standard InChI is InChI=1S/C13H19NO2S/c1-2-11-4-6-12(7-5-11)13-10-17(15,16)9-3-8-14-13/h4-7,13-14H,2-3,8-10H2,1H3. The van der Waals surface area contributed by atoms with E-state index in [0.29, 0.717) is 12.2 Å². The Morgan fingerprint density at radius 1 is 1.29 bits per heavy atom. The Hall–Kier alpha value is -0.870. The third kappa shape index (κ3) is 3.30. The minimum atomic E-state index is -2.89. The molecule has 17 heavy (non-hydrogen) atoms. The molecule has 0 amide bonds. The maximum atomic E-state index is 11.7. The van der Waals surface area contributed by atoms with E-state index in [0.717, 1.165) is 18.5 Å². The van der Waals surface area contributed by atoms with Crippen LogP contribution in [0.15, 0.2) is 24.3 Å². The van der Waals surface area contributed by atoms with Crippen LogP contribution in [0.25, 0.3) is 0 Å². The van der Waals surface area contributed by atoms with Crippen molar-refractivity contribution in [1.82, 2.24) is 5.32 Å². The summed E-state index contributed by atoms with van der Waals surface area (Å²) < 4.78 is 23.5. The molecular formula is C13H19NO2S. The molecule has 0 saturated carbocycles. The van der Waals surface area contributed by atoms with E-state index in [1.165, 1.54) is 5.56 Å². The molecule has 0 radical (unpaired) electrons. The third-order valence-electron chi connectivity index (χ3n) is 3.23. The zero-order valence-electron chi connectivity index (χ0n) is 10.1. The van der Waals surface area contributed by atoms with E-state index >= 15 is 0 Å². The topological polar surface area (TPSA) is 46.2 Å². The summed E-state index contributed by atoms with van der Waals surface area (Å²) in [6, 6.07) is 8.19. The summed E-state index contributed by atoms with van der Waals surface area (Å²) in [4.78, 5) is 0. The Bertz CT molecular complexity index is 465. The van der Waals surface area contributed by atoms with Crippen LogP contribution >= 0.6 is 0 Å². The molecule has 1 saturated heterocycles. The Labute approximate surface area is 103 Å². The highest BCUT2D eigenvalue weighted by molar-refractivity contribution is 7.91. The molecule has 4 heteroatoms. The van der Waals surface area contributed by atoms with Crippen LogP contribution in [0.4, 0.5) is 0 Å². The van der Waals surface area contributed by atoms with Crippen molar-refractivity contribution >= 4 is 9.84 Å². The van der Waals surface area contributed by atoms with Crippen molar-refractivity contribution < 1.29 is 8.42 Å². The molecule has 1 fully saturated rings. The first-order valence-corrected chi connectivity index (χ1v) is 7.95. The van der Waals surface area contributed by atoms with Crippen molar-refractivity contribution in [3.05, 3.63) is 35.4 Å². The maximum Gasteiger partial charge on any atom is 0.152 e. The van der Waals surface area contributed by atoms with Gasteiger partial charge in [0.25, 0.3) is 0 Å². The van der Waals surface area contributed by atoms with Crippen LogP contribution in [0.5, 0.6) is 0 Å². The summed E-state index contributed by atoms with van der Waals surface area (Å²) in [7, 11) is -2.89. The van der Waals surface area contributed by atoms with Crippen molar-refractivity contribution in [3.63, 3.8) is 0 Å². The molecule has 1 N–H and O–H groups in total. The summed E-state index contributed by atoms with van der Waals surface area (Å²) in [5.41, 5.74) is 2.36. The van der Waals surface area contributed by atoms with Gasteiger partial charge in [0.1, 0.15) is 0 Å². The van der Waals surface area contributed by atoms with Crippen LogP contribution in [0, 0.1) is 0 Å². The summed E-state index contributed by atoms with van der Waals surface area (Å²) in [5, 5.41) is 3.31. The quantitative estimate of drug-likeness (QED) is 0.872. The monoisotopic (exact) mass is 253 g/mol. The average molecular weight is 253 g/mol. The average Bonchev–Trinajstić information content (AvgIpc) is 2.50. The van der Waals surface area contributed by atoms with Crippen molar-refractivity contribution in [3.8, 4) is 0 Å². The van der Waals surface area contributed by atoms with E-state index in [-0.39, 0.29) is 11.8 Å². The smallest absolute Gasteiger partial charge is 0.152 e. The highest BCUT2D eigenvalue weighted by Gasteiger charge is 2.23. The predicted molar refractivity (Wildman–Crippen MR) is 69.8 cm³/mol. The van der Waals surface area contributed by atoms with Gasteiger partial charge in [-0.15, -0.1) is 0 Å². The molecule has 1 aromatic rings. The van der Waals surface area contributed by atoms with Gasteiger partial charge < -0.3 is 5.32 Å². The van der Waals surface area contributed by atoms with E-state index in [1.807, 2.05) is 12.1 Å². The van der Waals surface area contributed by atoms with Gasteiger partial charge in [-0.25, -0.2) is 8.42 Å². The van der Waals surface area contributed by atoms with E-state index in [4.69, 9.17) is 0 Å². The largest absolute Gasteiger partial charge is 0.309 e. The second kappa shape index (κ2) is 5.19. The number of nitrogens with one attached hydrogen (secondary N) is 1. The molecule has 1 heterocycles. The first kappa shape index (κ1) is 12.6. The number of aryl methyl sites for hydroxylation is 1. The van der Waals surface area contributed by atoms with Gasteiger partial charge in [-0.1, -0.05) is 31.2 Å². The fraction of sp³-hybridized carbons (Fsp3) is 0.538. The lowest BCUT2D eigenvalue weighted by Gasteiger charge is -2.16. The Morgan fingerprint density at radius 2 is 2.00 bits per heavy atom. The van der Waals surface area contributed by atoms with Gasteiger partial charge >= 0.3 is 0 Å². The molecule has 1 aliphatic rings. The summed E-state index contributed by atoms with van der Waals surface area (Å²) >= 11 is 0. The molecule has 3 nitrogen and oxygen atoms in total. The zero-order chi connectivity index (χ0) is 12.3.